The molecule has 0 unspecified atom stereocenters. The number of imidazole rings is 1. The smallest absolute Gasteiger partial charge is 0.253 e. The molecule has 0 spiro atoms. The van der Waals surface area contributed by atoms with Gasteiger partial charge in [-0.25, -0.2) is 4.98 Å². The Bertz CT molecular complexity index is 591. The first-order chi connectivity index (χ1) is 10.3. The monoisotopic (exact) mass is 284 g/mol. The highest BCUT2D eigenvalue weighted by Gasteiger charge is 2.26. The Morgan fingerprint density at radius 2 is 2.19 bits per heavy atom. The SMILES string of the molecule is CNC[C@H]1CCN(C(=O)c2ccc(-n3ccnc3)cc2)C1. The predicted molar refractivity (Wildman–Crippen MR) is 81.5 cm³/mol. The standard InChI is InChI=1S/C16H20N4O/c1-17-10-13-6-8-19(11-13)16(21)14-2-4-15(5-3-14)20-9-7-18-12-20/h2-5,7,9,12-13,17H,6,8,10-11H2,1H3/t13-/m1/s1. The summed E-state index contributed by atoms with van der Waals surface area (Å²) in [7, 11) is 1.96. The molecule has 1 saturated heterocycles. The zero-order chi connectivity index (χ0) is 14.7. The number of carbonyl (C=O) groups is 1. The van der Waals surface area contributed by atoms with Crippen molar-refractivity contribution >= 4 is 5.91 Å². The fourth-order valence-electron chi connectivity index (χ4n) is 2.84. The van der Waals surface area contributed by atoms with E-state index in [9.17, 15) is 4.79 Å². The fraction of sp³-hybridized carbons (Fsp3) is 0.375. The van der Waals surface area contributed by atoms with E-state index in [-0.39, 0.29) is 5.91 Å². The molecule has 21 heavy (non-hydrogen) atoms. The van der Waals surface area contributed by atoms with Crippen molar-refractivity contribution in [3.05, 3.63) is 48.5 Å². The van der Waals surface area contributed by atoms with Crippen LogP contribution < -0.4 is 5.32 Å². The molecule has 1 aliphatic rings. The molecule has 5 heteroatoms. The summed E-state index contributed by atoms with van der Waals surface area (Å²) in [6, 6.07) is 7.69. The molecule has 0 bridgehead atoms. The van der Waals surface area contributed by atoms with Crippen molar-refractivity contribution < 1.29 is 4.79 Å². The number of hydrogen-bond donors (Lipinski definition) is 1. The van der Waals surface area contributed by atoms with Gasteiger partial charge in [-0.05, 0) is 50.2 Å². The lowest BCUT2D eigenvalue weighted by Crippen LogP contribution is -2.30. The van der Waals surface area contributed by atoms with Crippen LogP contribution in [0, 0.1) is 5.92 Å². The Labute approximate surface area is 124 Å². The molecular formula is C16H20N4O. The molecule has 5 nitrogen and oxygen atoms in total. The van der Waals surface area contributed by atoms with Gasteiger partial charge in [0.2, 0.25) is 0 Å². The number of aromatic nitrogens is 2. The van der Waals surface area contributed by atoms with Crippen molar-refractivity contribution in [1.82, 2.24) is 19.8 Å². The van der Waals surface area contributed by atoms with Crippen molar-refractivity contribution in [3.8, 4) is 5.69 Å². The lowest BCUT2D eigenvalue weighted by molar-refractivity contribution is 0.0787. The number of nitrogens with zero attached hydrogens (tertiary/aromatic N) is 3. The van der Waals surface area contributed by atoms with Crippen molar-refractivity contribution in [3.63, 3.8) is 0 Å². The van der Waals surface area contributed by atoms with Gasteiger partial charge in [-0.1, -0.05) is 0 Å². The second-order valence-electron chi connectivity index (χ2n) is 5.48. The molecule has 3 rings (SSSR count). The van der Waals surface area contributed by atoms with Gasteiger partial charge in [0.15, 0.2) is 0 Å². The summed E-state index contributed by atoms with van der Waals surface area (Å²) >= 11 is 0. The third kappa shape index (κ3) is 2.97. The van der Waals surface area contributed by atoms with Gasteiger partial charge in [-0.2, -0.15) is 0 Å². The highest BCUT2D eigenvalue weighted by molar-refractivity contribution is 5.94. The molecule has 1 N–H and O–H groups in total. The van der Waals surface area contributed by atoms with E-state index in [1.165, 1.54) is 0 Å². The Kier molecular flexibility index (Phi) is 4.01. The molecule has 1 fully saturated rings. The van der Waals surface area contributed by atoms with Crippen LogP contribution in [0.3, 0.4) is 0 Å². The predicted octanol–water partition coefficient (Wildman–Crippen LogP) is 1.55. The molecule has 110 valence electrons. The largest absolute Gasteiger partial charge is 0.338 e. The highest BCUT2D eigenvalue weighted by atomic mass is 16.2. The number of likely N-dealkylation sites (tertiary alicyclic amines) is 1. The number of carbonyl (C=O) groups excluding carboxylic acids is 1. The van der Waals surface area contributed by atoms with Gasteiger partial charge < -0.3 is 14.8 Å². The summed E-state index contributed by atoms with van der Waals surface area (Å²) in [6.07, 6.45) is 6.46. The fourth-order valence-corrected chi connectivity index (χ4v) is 2.84. The lowest BCUT2D eigenvalue weighted by Gasteiger charge is -2.17. The highest BCUT2D eigenvalue weighted by Crippen LogP contribution is 2.19. The molecule has 0 saturated carbocycles. The molecule has 1 aromatic carbocycles. The van der Waals surface area contributed by atoms with Crippen molar-refractivity contribution in [2.75, 3.05) is 26.7 Å². The summed E-state index contributed by atoms with van der Waals surface area (Å²) < 4.78 is 1.92. The van der Waals surface area contributed by atoms with Gasteiger partial charge in [0, 0.05) is 36.7 Å². The summed E-state index contributed by atoms with van der Waals surface area (Å²) in [6.45, 7) is 2.68. The normalized spacial score (nSPS) is 18.1. The van der Waals surface area contributed by atoms with Gasteiger partial charge in [0.25, 0.3) is 5.91 Å². The molecule has 2 heterocycles. The van der Waals surface area contributed by atoms with Crippen LogP contribution in [-0.4, -0.2) is 47.0 Å². The number of hydrogen-bond acceptors (Lipinski definition) is 3. The van der Waals surface area contributed by atoms with Gasteiger partial charge >= 0.3 is 0 Å². The minimum Gasteiger partial charge on any atom is -0.338 e. The van der Waals surface area contributed by atoms with Crippen LogP contribution in [0.1, 0.15) is 16.8 Å². The summed E-state index contributed by atoms with van der Waals surface area (Å²) in [4.78, 5) is 18.5. The molecule has 0 aliphatic carbocycles. The zero-order valence-corrected chi connectivity index (χ0v) is 12.2. The summed E-state index contributed by atoms with van der Waals surface area (Å²) in [5.74, 6) is 0.704. The lowest BCUT2D eigenvalue weighted by atomic mass is 10.1. The van der Waals surface area contributed by atoms with E-state index >= 15 is 0 Å². The van der Waals surface area contributed by atoms with Crippen molar-refractivity contribution in [2.24, 2.45) is 5.92 Å². The Balaban J connectivity index is 1.68. The molecule has 2 aromatic rings. The van der Waals surface area contributed by atoms with E-state index in [0.29, 0.717) is 5.92 Å². The van der Waals surface area contributed by atoms with Crippen LogP contribution in [0.15, 0.2) is 43.0 Å². The van der Waals surface area contributed by atoms with Crippen molar-refractivity contribution in [2.45, 2.75) is 6.42 Å². The van der Waals surface area contributed by atoms with Crippen LogP contribution in [0.5, 0.6) is 0 Å². The number of nitrogens with one attached hydrogen (secondary N) is 1. The van der Waals surface area contributed by atoms with Gasteiger partial charge in [-0.15, -0.1) is 0 Å². The molecular weight excluding hydrogens is 264 g/mol. The summed E-state index contributed by atoms with van der Waals surface area (Å²) in [5, 5.41) is 3.19. The Morgan fingerprint density at radius 1 is 1.38 bits per heavy atom. The van der Waals surface area contributed by atoms with Crippen molar-refractivity contribution in [1.29, 1.82) is 0 Å². The maximum atomic E-state index is 12.5. The van der Waals surface area contributed by atoms with Crippen LogP contribution in [0.25, 0.3) is 5.69 Å². The van der Waals surface area contributed by atoms with Gasteiger partial charge in [0.05, 0.1) is 6.33 Å². The maximum Gasteiger partial charge on any atom is 0.253 e. The number of benzene rings is 1. The van der Waals surface area contributed by atoms with Crippen LogP contribution in [0.2, 0.25) is 0 Å². The van der Waals surface area contributed by atoms with E-state index in [2.05, 4.69) is 10.3 Å². The van der Waals surface area contributed by atoms with E-state index in [0.717, 1.165) is 37.3 Å². The van der Waals surface area contributed by atoms with E-state index in [1.807, 2.05) is 47.0 Å². The average molecular weight is 284 g/mol. The number of rotatable bonds is 4. The van der Waals surface area contributed by atoms with Gasteiger partial charge in [0.1, 0.15) is 0 Å². The topological polar surface area (TPSA) is 50.2 Å². The Morgan fingerprint density at radius 3 is 2.86 bits per heavy atom. The third-order valence-corrected chi connectivity index (χ3v) is 3.98. The second kappa shape index (κ2) is 6.10. The maximum absolute atomic E-state index is 12.5. The van der Waals surface area contributed by atoms with E-state index in [4.69, 9.17) is 0 Å². The first-order valence-electron chi connectivity index (χ1n) is 7.30. The minimum absolute atomic E-state index is 0.130. The Hall–Kier alpha value is -2.14. The van der Waals surface area contributed by atoms with E-state index in [1.54, 1.807) is 12.5 Å². The minimum atomic E-state index is 0.130. The molecule has 1 aromatic heterocycles. The van der Waals surface area contributed by atoms with Crippen LogP contribution >= 0.6 is 0 Å². The van der Waals surface area contributed by atoms with E-state index < -0.39 is 0 Å². The molecule has 1 aliphatic heterocycles. The zero-order valence-electron chi connectivity index (χ0n) is 12.2. The molecule has 1 amide bonds. The van der Waals surface area contributed by atoms with Gasteiger partial charge in [-0.3, -0.25) is 4.79 Å². The van der Waals surface area contributed by atoms with Crippen LogP contribution in [-0.2, 0) is 0 Å². The molecule has 0 radical (unpaired) electrons. The van der Waals surface area contributed by atoms with Crippen LogP contribution in [0.4, 0.5) is 0 Å². The third-order valence-electron chi connectivity index (χ3n) is 3.98. The quantitative estimate of drug-likeness (QED) is 0.927. The second-order valence-corrected chi connectivity index (χ2v) is 5.48. The first-order valence-corrected chi connectivity index (χ1v) is 7.30. The molecule has 1 atom stereocenters. The first kappa shape index (κ1) is 13.8. The summed E-state index contributed by atoms with van der Waals surface area (Å²) in [5.41, 5.74) is 1.77. The number of amides is 1. The average Bonchev–Trinajstić information content (AvgIpc) is 3.19.